The Morgan fingerprint density at radius 3 is 2.69 bits per heavy atom. The van der Waals surface area contributed by atoms with E-state index in [1.807, 2.05) is 24.1 Å². The third-order valence-electron chi connectivity index (χ3n) is 6.02. The molecule has 156 valence electrons. The molecule has 1 aromatic heterocycles. The fourth-order valence-corrected chi connectivity index (χ4v) is 5.13. The molecule has 2 aliphatic rings. The maximum atomic E-state index is 13.0. The smallest absolute Gasteiger partial charge is 0.235 e. The summed E-state index contributed by atoms with van der Waals surface area (Å²) in [5.74, 6) is 0.954. The van der Waals surface area contributed by atoms with E-state index >= 15 is 0 Å². The first-order chi connectivity index (χ1) is 14.1. The standard InChI is InChI=1S/C23H31N3O2S/c1-17-10-12-25(13-11-17)22(27)18(2)29-23-24-15-21(19-7-4-3-5-8-19)26(23)16-20-9-6-14-28-20/h3-5,7-8,15,17-18,20H,6,9-14,16H2,1-2H3. The van der Waals surface area contributed by atoms with Crippen LogP contribution in [0.1, 0.15) is 39.5 Å². The zero-order valence-corrected chi connectivity index (χ0v) is 18.2. The molecule has 1 aromatic carbocycles. The van der Waals surface area contributed by atoms with Crippen molar-refractivity contribution in [1.82, 2.24) is 14.5 Å². The average molecular weight is 414 g/mol. The summed E-state index contributed by atoms with van der Waals surface area (Å²) in [5, 5.41) is 0.767. The Balaban J connectivity index is 1.52. The van der Waals surface area contributed by atoms with Crippen molar-refractivity contribution in [2.45, 2.75) is 62.6 Å². The predicted octanol–water partition coefficient (Wildman–Crippen LogP) is 4.47. The Labute approximate surface area is 177 Å². The number of hydrogen-bond acceptors (Lipinski definition) is 4. The second-order valence-electron chi connectivity index (χ2n) is 8.31. The molecule has 0 saturated carbocycles. The quantitative estimate of drug-likeness (QED) is 0.656. The molecule has 4 rings (SSSR count). The molecule has 2 fully saturated rings. The second kappa shape index (κ2) is 9.35. The van der Waals surface area contributed by atoms with Gasteiger partial charge in [-0.15, -0.1) is 0 Å². The van der Waals surface area contributed by atoms with Gasteiger partial charge in [-0.1, -0.05) is 49.0 Å². The van der Waals surface area contributed by atoms with Gasteiger partial charge in [-0.3, -0.25) is 4.79 Å². The van der Waals surface area contributed by atoms with Gasteiger partial charge in [0.2, 0.25) is 5.91 Å². The molecule has 2 aromatic rings. The van der Waals surface area contributed by atoms with Gasteiger partial charge in [-0.25, -0.2) is 4.98 Å². The number of benzene rings is 1. The molecule has 2 aliphatic heterocycles. The van der Waals surface area contributed by atoms with Crippen LogP contribution in [0.4, 0.5) is 0 Å². The van der Waals surface area contributed by atoms with Crippen LogP contribution in [0, 0.1) is 5.92 Å². The van der Waals surface area contributed by atoms with E-state index in [4.69, 9.17) is 9.72 Å². The number of imidazole rings is 1. The second-order valence-corrected chi connectivity index (χ2v) is 9.61. The van der Waals surface area contributed by atoms with Crippen molar-refractivity contribution < 1.29 is 9.53 Å². The summed E-state index contributed by atoms with van der Waals surface area (Å²) in [7, 11) is 0. The van der Waals surface area contributed by atoms with Crippen LogP contribution in [0.25, 0.3) is 11.3 Å². The summed E-state index contributed by atoms with van der Waals surface area (Å²) in [5.41, 5.74) is 2.24. The number of likely N-dealkylation sites (tertiary alicyclic amines) is 1. The molecular formula is C23H31N3O2S. The molecule has 29 heavy (non-hydrogen) atoms. The van der Waals surface area contributed by atoms with Crippen LogP contribution in [0.2, 0.25) is 0 Å². The van der Waals surface area contributed by atoms with E-state index in [2.05, 4.69) is 35.8 Å². The molecule has 1 amide bonds. The van der Waals surface area contributed by atoms with Crippen molar-refractivity contribution in [2.24, 2.45) is 5.92 Å². The van der Waals surface area contributed by atoms with Gasteiger partial charge >= 0.3 is 0 Å². The third-order valence-corrected chi connectivity index (χ3v) is 7.12. The van der Waals surface area contributed by atoms with E-state index in [1.165, 1.54) is 0 Å². The summed E-state index contributed by atoms with van der Waals surface area (Å²) in [6.07, 6.45) is 6.57. The van der Waals surface area contributed by atoms with E-state index in [1.54, 1.807) is 11.8 Å². The average Bonchev–Trinajstić information content (AvgIpc) is 3.39. The number of hydrogen-bond donors (Lipinski definition) is 0. The van der Waals surface area contributed by atoms with Crippen molar-refractivity contribution in [3.8, 4) is 11.3 Å². The summed E-state index contributed by atoms with van der Waals surface area (Å²) >= 11 is 1.58. The number of ether oxygens (including phenoxy) is 1. The van der Waals surface area contributed by atoms with Gasteiger partial charge in [0.05, 0.1) is 29.8 Å². The van der Waals surface area contributed by atoms with Gasteiger partial charge in [0.1, 0.15) is 0 Å². The molecule has 0 radical (unpaired) electrons. The lowest BCUT2D eigenvalue weighted by Crippen LogP contribution is -2.41. The third kappa shape index (κ3) is 4.86. The first kappa shape index (κ1) is 20.5. The largest absolute Gasteiger partial charge is 0.376 e. The molecular weight excluding hydrogens is 382 g/mol. The van der Waals surface area contributed by atoms with Gasteiger partial charge in [-0.05, 0) is 44.1 Å². The summed E-state index contributed by atoms with van der Waals surface area (Å²) in [6.45, 7) is 7.67. The number of piperidine rings is 1. The SMILES string of the molecule is CC1CCN(C(=O)C(C)Sc2ncc(-c3ccccc3)n2CC2CCCO2)CC1. The van der Waals surface area contributed by atoms with Gasteiger partial charge in [0.25, 0.3) is 0 Å². The van der Waals surface area contributed by atoms with Crippen LogP contribution in [0.3, 0.4) is 0 Å². The van der Waals surface area contributed by atoms with E-state index in [9.17, 15) is 4.79 Å². The predicted molar refractivity (Wildman–Crippen MR) is 117 cm³/mol. The van der Waals surface area contributed by atoms with Gasteiger partial charge in [-0.2, -0.15) is 0 Å². The van der Waals surface area contributed by atoms with Crippen molar-refractivity contribution >= 4 is 17.7 Å². The zero-order chi connectivity index (χ0) is 20.2. The highest BCUT2D eigenvalue weighted by Gasteiger charge is 2.27. The lowest BCUT2D eigenvalue weighted by atomic mass is 9.99. The number of rotatable bonds is 6. The Morgan fingerprint density at radius 2 is 2.00 bits per heavy atom. The maximum Gasteiger partial charge on any atom is 0.235 e. The molecule has 5 nitrogen and oxygen atoms in total. The van der Waals surface area contributed by atoms with E-state index < -0.39 is 0 Å². The number of carbonyl (C=O) groups is 1. The summed E-state index contributed by atoms with van der Waals surface area (Å²) < 4.78 is 8.14. The monoisotopic (exact) mass is 413 g/mol. The molecule has 2 atom stereocenters. The number of nitrogens with zero attached hydrogens (tertiary/aromatic N) is 3. The zero-order valence-electron chi connectivity index (χ0n) is 17.4. The van der Waals surface area contributed by atoms with Gasteiger partial charge < -0.3 is 14.2 Å². The molecule has 2 saturated heterocycles. The number of carbonyl (C=O) groups excluding carboxylic acids is 1. The van der Waals surface area contributed by atoms with Crippen LogP contribution >= 0.6 is 11.8 Å². The topological polar surface area (TPSA) is 47.4 Å². The van der Waals surface area contributed by atoms with Crippen molar-refractivity contribution in [1.29, 1.82) is 0 Å². The Kier molecular flexibility index (Phi) is 6.60. The Bertz CT molecular complexity index is 809. The van der Waals surface area contributed by atoms with Crippen molar-refractivity contribution in [3.05, 3.63) is 36.5 Å². The van der Waals surface area contributed by atoms with Crippen LogP contribution in [0.5, 0.6) is 0 Å². The number of aromatic nitrogens is 2. The van der Waals surface area contributed by atoms with Crippen LogP contribution in [0.15, 0.2) is 41.7 Å². The highest BCUT2D eigenvalue weighted by molar-refractivity contribution is 8.00. The molecule has 0 spiro atoms. The lowest BCUT2D eigenvalue weighted by Gasteiger charge is -2.32. The fourth-order valence-electron chi connectivity index (χ4n) is 4.16. The lowest BCUT2D eigenvalue weighted by molar-refractivity contribution is -0.131. The van der Waals surface area contributed by atoms with Crippen LogP contribution in [-0.4, -0.2) is 51.4 Å². The Hall–Kier alpha value is -1.79. The first-order valence-electron chi connectivity index (χ1n) is 10.8. The maximum absolute atomic E-state index is 13.0. The van der Waals surface area contributed by atoms with Crippen LogP contribution < -0.4 is 0 Å². The molecule has 6 heteroatoms. The minimum absolute atomic E-state index is 0.141. The highest BCUT2D eigenvalue weighted by Crippen LogP contribution is 2.31. The molecule has 0 aliphatic carbocycles. The number of amides is 1. The molecule has 2 unspecified atom stereocenters. The Morgan fingerprint density at radius 1 is 1.24 bits per heavy atom. The van der Waals surface area contributed by atoms with E-state index in [0.717, 1.165) is 74.3 Å². The minimum atomic E-state index is -0.141. The van der Waals surface area contributed by atoms with E-state index in [0.29, 0.717) is 0 Å². The number of thioether (sulfide) groups is 1. The van der Waals surface area contributed by atoms with Gasteiger partial charge in [0, 0.05) is 19.7 Å². The van der Waals surface area contributed by atoms with E-state index in [-0.39, 0.29) is 17.3 Å². The van der Waals surface area contributed by atoms with Gasteiger partial charge in [0.15, 0.2) is 5.16 Å². The summed E-state index contributed by atoms with van der Waals surface area (Å²) in [4.78, 5) is 19.7. The molecule has 3 heterocycles. The molecule has 0 bridgehead atoms. The molecule has 0 N–H and O–H groups in total. The summed E-state index contributed by atoms with van der Waals surface area (Å²) in [6, 6.07) is 10.4. The first-order valence-corrected chi connectivity index (χ1v) is 11.7. The normalized spacial score (nSPS) is 21.4. The van der Waals surface area contributed by atoms with Crippen molar-refractivity contribution in [2.75, 3.05) is 19.7 Å². The minimum Gasteiger partial charge on any atom is -0.376 e. The fraction of sp³-hybridized carbons (Fsp3) is 0.565. The van der Waals surface area contributed by atoms with Crippen LogP contribution in [-0.2, 0) is 16.1 Å². The highest BCUT2D eigenvalue weighted by atomic mass is 32.2. The van der Waals surface area contributed by atoms with Crippen molar-refractivity contribution in [3.63, 3.8) is 0 Å².